The zero-order chi connectivity index (χ0) is 13.0. The molecule has 0 aliphatic rings. The van der Waals surface area contributed by atoms with E-state index in [2.05, 4.69) is 15.5 Å². The highest BCUT2D eigenvalue weighted by Gasteiger charge is 2.10. The molecule has 1 amide bonds. The van der Waals surface area contributed by atoms with Gasteiger partial charge in [-0.3, -0.25) is 10.1 Å². The van der Waals surface area contributed by atoms with Gasteiger partial charge in [0, 0.05) is 12.0 Å². The van der Waals surface area contributed by atoms with E-state index in [9.17, 15) is 4.79 Å². The van der Waals surface area contributed by atoms with Crippen LogP contribution < -0.4 is 5.32 Å². The van der Waals surface area contributed by atoms with Crippen molar-refractivity contribution >= 4 is 11.9 Å². The first kappa shape index (κ1) is 12.3. The van der Waals surface area contributed by atoms with E-state index in [4.69, 9.17) is 4.42 Å². The molecule has 0 saturated heterocycles. The Bertz CT molecular complexity index is 531. The standard InChI is InChI=1S/C13H15N3O2/c1-3-4-11-15-16-13(18-11)14-12(17)10-7-5-9(2)6-8-10/h5-8H,3-4H2,1-2H3,(H,14,16,17). The summed E-state index contributed by atoms with van der Waals surface area (Å²) >= 11 is 0. The lowest BCUT2D eigenvalue weighted by atomic mass is 10.1. The van der Waals surface area contributed by atoms with Crippen LogP contribution >= 0.6 is 0 Å². The third-order valence-electron chi connectivity index (χ3n) is 2.46. The SMILES string of the molecule is CCCc1nnc(NC(=O)c2ccc(C)cc2)o1. The summed E-state index contributed by atoms with van der Waals surface area (Å²) in [7, 11) is 0. The van der Waals surface area contributed by atoms with Gasteiger partial charge in [0.1, 0.15) is 0 Å². The normalized spacial score (nSPS) is 10.3. The minimum atomic E-state index is -0.248. The van der Waals surface area contributed by atoms with Crippen LogP contribution in [0.2, 0.25) is 0 Å². The number of hydrogen-bond acceptors (Lipinski definition) is 4. The number of carbonyl (C=O) groups excluding carboxylic acids is 1. The molecule has 1 N–H and O–H groups in total. The average Bonchev–Trinajstić information content (AvgIpc) is 2.78. The molecule has 0 radical (unpaired) electrons. The number of benzene rings is 1. The fraction of sp³-hybridized carbons (Fsp3) is 0.308. The van der Waals surface area contributed by atoms with E-state index < -0.39 is 0 Å². The highest BCUT2D eigenvalue weighted by atomic mass is 16.4. The molecule has 0 fully saturated rings. The van der Waals surface area contributed by atoms with Gasteiger partial charge in [0.15, 0.2) is 0 Å². The van der Waals surface area contributed by atoms with Gasteiger partial charge in [0.25, 0.3) is 5.91 Å². The molecule has 18 heavy (non-hydrogen) atoms. The van der Waals surface area contributed by atoms with Crippen LogP contribution in [-0.4, -0.2) is 16.1 Å². The van der Waals surface area contributed by atoms with Crippen molar-refractivity contribution in [3.05, 3.63) is 41.3 Å². The van der Waals surface area contributed by atoms with Gasteiger partial charge in [-0.25, -0.2) is 0 Å². The first-order chi connectivity index (χ1) is 8.69. The van der Waals surface area contributed by atoms with Crippen molar-refractivity contribution in [1.29, 1.82) is 0 Å². The molecule has 5 nitrogen and oxygen atoms in total. The highest BCUT2D eigenvalue weighted by Crippen LogP contribution is 2.10. The molecule has 2 aromatic rings. The third kappa shape index (κ3) is 2.94. The monoisotopic (exact) mass is 245 g/mol. The van der Waals surface area contributed by atoms with Gasteiger partial charge in [-0.15, -0.1) is 5.10 Å². The zero-order valence-electron chi connectivity index (χ0n) is 10.4. The van der Waals surface area contributed by atoms with Crippen molar-refractivity contribution in [3.8, 4) is 0 Å². The fourth-order valence-corrected chi connectivity index (χ4v) is 1.49. The second-order valence-corrected chi connectivity index (χ2v) is 4.07. The Morgan fingerprint density at radius 2 is 2.00 bits per heavy atom. The molecule has 0 unspecified atom stereocenters. The number of aromatic nitrogens is 2. The fourth-order valence-electron chi connectivity index (χ4n) is 1.49. The minimum absolute atomic E-state index is 0.143. The van der Waals surface area contributed by atoms with Gasteiger partial charge in [-0.1, -0.05) is 29.7 Å². The van der Waals surface area contributed by atoms with Gasteiger partial charge < -0.3 is 4.42 Å². The minimum Gasteiger partial charge on any atom is -0.408 e. The highest BCUT2D eigenvalue weighted by molar-refractivity contribution is 6.03. The van der Waals surface area contributed by atoms with Crippen LogP contribution in [0, 0.1) is 6.92 Å². The number of nitrogens with one attached hydrogen (secondary N) is 1. The number of nitrogens with zero attached hydrogens (tertiary/aromatic N) is 2. The van der Waals surface area contributed by atoms with Crippen LogP contribution in [0.15, 0.2) is 28.7 Å². The molecule has 0 spiro atoms. The Morgan fingerprint density at radius 3 is 2.67 bits per heavy atom. The molecular weight excluding hydrogens is 230 g/mol. The molecule has 0 aliphatic carbocycles. The summed E-state index contributed by atoms with van der Waals surface area (Å²) in [5.74, 6) is 0.290. The van der Waals surface area contributed by atoms with Crippen LogP contribution in [0.3, 0.4) is 0 Å². The van der Waals surface area contributed by atoms with Gasteiger partial charge in [-0.05, 0) is 25.5 Å². The van der Waals surface area contributed by atoms with Gasteiger partial charge in [0.2, 0.25) is 5.89 Å². The number of anilines is 1. The Labute approximate surface area is 105 Å². The lowest BCUT2D eigenvalue weighted by molar-refractivity contribution is 0.102. The van der Waals surface area contributed by atoms with E-state index in [0.29, 0.717) is 17.9 Å². The van der Waals surface area contributed by atoms with E-state index >= 15 is 0 Å². The predicted molar refractivity (Wildman–Crippen MR) is 67.4 cm³/mol. The lowest BCUT2D eigenvalue weighted by Crippen LogP contribution is -2.11. The van der Waals surface area contributed by atoms with Gasteiger partial charge >= 0.3 is 6.01 Å². The summed E-state index contributed by atoms with van der Waals surface area (Å²) in [4.78, 5) is 11.9. The van der Waals surface area contributed by atoms with E-state index in [0.717, 1.165) is 12.0 Å². The molecule has 94 valence electrons. The molecule has 0 bridgehead atoms. The summed E-state index contributed by atoms with van der Waals surface area (Å²) in [6.45, 7) is 3.99. The van der Waals surface area contributed by atoms with E-state index in [-0.39, 0.29) is 11.9 Å². The zero-order valence-corrected chi connectivity index (χ0v) is 10.4. The summed E-state index contributed by atoms with van der Waals surface area (Å²) in [5.41, 5.74) is 1.67. The number of rotatable bonds is 4. The molecule has 0 atom stereocenters. The van der Waals surface area contributed by atoms with Gasteiger partial charge in [-0.2, -0.15) is 0 Å². The first-order valence-corrected chi connectivity index (χ1v) is 5.89. The Balaban J connectivity index is 2.04. The van der Waals surface area contributed by atoms with Crippen LogP contribution in [0.25, 0.3) is 0 Å². The molecule has 2 rings (SSSR count). The molecule has 0 aliphatic heterocycles. The summed E-state index contributed by atoms with van der Waals surface area (Å²) in [5, 5.41) is 10.2. The average molecular weight is 245 g/mol. The van der Waals surface area contributed by atoms with E-state index in [1.807, 2.05) is 26.0 Å². The van der Waals surface area contributed by atoms with Crippen molar-refractivity contribution in [1.82, 2.24) is 10.2 Å². The molecule has 0 saturated carbocycles. The third-order valence-corrected chi connectivity index (χ3v) is 2.46. The summed E-state index contributed by atoms with van der Waals surface area (Å²) in [6.07, 6.45) is 1.64. The number of amides is 1. The topological polar surface area (TPSA) is 68.0 Å². The number of hydrogen-bond donors (Lipinski definition) is 1. The van der Waals surface area contributed by atoms with Crippen molar-refractivity contribution in [2.45, 2.75) is 26.7 Å². The number of carbonyl (C=O) groups is 1. The van der Waals surface area contributed by atoms with Crippen molar-refractivity contribution in [3.63, 3.8) is 0 Å². The lowest BCUT2D eigenvalue weighted by Gasteiger charge is -2.00. The second-order valence-electron chi connectivity index (χ2n) is 4.07. The van der Waals surface area contributed by atoms with Crippen LogP contribution in [0.4, 0.5) is 6.01 Å². The molecule has 1 aromatic carbocycles. The quantitative estimate of drug-likeness (QED) is 0.898. The Morgan fingerprint density at radius 1 is 1.28 bits per heavy atom. The van der Waals surface area contributed by atoms with Crippen LogP contribution in [0.5, 0.6) is 0 Å². The van der Waals surface area contributed by atoms with Crippen molar-refractivity contribution in [2.24, 2.45) is 0 Å². The second kappa shape index (κ2) is 5.44. The van der Waals surface area contributed by atoms with Gasteiger partial charge in [0.05, 0.1) is 0 Å². The maximum atomic E-state index is 11.9. The molecular formula is C13H15N3O2. The first-order valence-electron chi connectivity index (χ1n) is 5.89. The Kier molecular flexibility index (Phi) is 3.72. The maximum absolute atomic E-state index is 11.9. The van der Waals surface area contributed by atoms with E-state index in [1.54, 1.807) is 12.1 Å². The molecule has 1 aromatic heterocycles. The molecule has 1 heterocycles. The van der Waals surface area contributed by atoms with E-state index in [1.165, 1.54) is 0 Å². The Hall–Kier alpha value is -2.17. The van der Waals surface area contributed by atoms with Crippen molar-refractivity contribution < 1.29 is 9.21 Å². The van der Waals surface area contributed by atoms with Crippen LogP contribution in [-0.2, 0) is 6.42 Å². The largest absolute Gasteiger partial charge is 0.408 e. The maximum Gasteiger partial charge on any atom is 0.322 e. The smallest absolute Gasteiger partial charge is 0.322 e. The predicted octanol–water partition coefficient (Wildman–Crippen LogP) is 2.58. The summed E-state index contributed by atoms with van der Waals surface area (Å²) in [6, 6.07) is 7.42. The van der Waals surface area contributed by atoms with Crippen molar-refractivity contribution in [2.75, 3.05) is 5.32 Å². The van der Waals surface area contributed by atoms with Crippen LogP contribution in [0.1, 0.15) is 35.2 Å². The molecule has 5 heteroatoms. The summed E-state index contributed by atoms with van der Waals surface area (Å²) < 4.78 is 5.29. The number of aryl methyl sites for hydroxylation is 2.